The van der Waals surface area contributed by atoms with Gasteiger partial charge in [0, 0.05) is 12.2 Å². The first-order chi connectivity index (χ1) is 12.3. The molecule has 1 atom stereocenters. The number of hydrogen-bond acceptors (Lipinski definition) is 4. The number of halogens is 1. The predicted octanol–water partition coefficient (Wildman–Crippen LogP) is 4.20. The molecule has 26 heavy (non-hydrogen) atoms. The lowest BCUT2D eigenvalue weighted by molar-refractivity contribution is -0.120. The third kappa shape index (κ3) is 4.11. The summed E-state index contributed by atoms with van der Waals surface area (Å²) >= 11 is 6.91. The molecule has 1 aromatic carbocycles. The highest BCUT2D eigenvalue weighted by molar-refractivity contribution is 7.91. The third-order valence-corrected chi connectivity index (χ3v) is 7.96. The maximum absolute atomic E-state index is 13.0. The number of carbonyl (C=O) groups is 1. The van der Waals surface area contributed by atoms with Crippen molar-refractivity contribution in [1.29, 1.82) is 0 Å². The summed E-state index contributed by atoms with van der Waals surface area (Å²) in [6.45, 7) is 4.25. The Balaban J connectivity index is 1.85. The number of hydrogen-bond donors (Lipinski definition) is 1. The quantitative estimate of drug-likeness (QED) is 0.818. The fourth-order valence-electron chi connectivity index (χ4n) is 3.28. The zero-order valence-corrected chi connectivity index (χ0v) is 17.0. The molecule has 1 aliphatic heterocycles. The molecular weight excluding hydrogens is 392 g/mol. The molecule has 3 rings (SSSR count). The van der Waals surface area contributed by atoms with E-state index in [4.69, 9.17) is 11.6 Å². The van der Waals surface area contributed by atoms with Gasteiger partial charge in [0.15, 0.2) is 0 Å². The minimum Gasteiger partial charge on any atom is -0.325 e. The molecule has 8 heteroatoms. The standard InChI is InChI=1S/C18H21ClN2O3S2/c1-12-9-13(2)11-14(10-12)20-18(22)15-5-3-4-8-21(15)26(23,24)17-7-6-16(19)25-17/h6-7,9-11,15H,3-5,8H2,1-2H3,(H,20,22)/t15-/m1/s1. The Kier molecular flexibility index (Phi) is 5.72. The average Bonchev–Trinajstić information content (AvgIpc) is 3.01. The average molecular weight is 413 g/mol. The molecule has 1 aromatic heterocycles. The molecule has 1 aliphatic rings. The van der Waals surface area contributed by atoms with E-state index in [0.717, 1.165) is 35.3 Å². The van der Waals surface area contributed by atoms with Crippen molar-refractivity contribution in [3.8, 4) is 0 Å². The number of carbonyl (C=O) groups excluding carboxylic acids is 1. The van der Waals surface area contributed by atoms with Gasteiger partial charge in [-0.15, -0.1) is 11.3 Å². The highest BCUT2D eigenvalue weighted by Gasteiger charge is 2.38. The molecule has 0 spiro atoms. The van der Waals surface area contributed by atoms with Crippen LogP contribution in [0.15, 0.2) is 34.5 Å². The monoisotopic (exact) mass is 412 g/mol. The summed E-state index contributed by atoms with van der Waals surface area (Å²) in [4.78, 5) is 12.8. The molecule has 0 radical (unpaired) electrons. The first-order valence-electron chi connectivity index (χ1n) is 8.44. The van der Waals surface area contributed by atoms with Crippen molar-refractivity contribution in [2.75, 3.05) is 11.9 Å². The number of nitrogens with zero attached hydrogens (tertiary/aromatic N) is 1. The van der Waals surface area contributed by atoms with Crippen LogP contribution >= 0.6 is 22.9 Å². The molecule has 0 saturated carbocycles. The van der Waals surface area contributed by atoms with Gasteiger partial charge in [-0.1, -0.05) is 24.1 Å². The van der Waals surface area contributed by atoms with Crippen LogP contribution < -0.4 is 5.32 Å². The summed E-state index contributed by atoms with van der Waals surface area (Å²) in [7, 11) is -3.74. The minimum absolute atomic E-state index is 0.175. The molecule has 1 amide bonds. The second-order valence-electron chi connectivity index (χ2n) is 6.55. The molecule has 140 valence electrons. The summed E-state index contributed by atoms with van der Waals surface area (Å²) in [5, 5.41) is 2.88. The number of benzene rings is 1. The van der Waals surface area contributed by atoms with Gasteiger partial charge in [-0.05, 0) is 62.1 Å². The molecule has 0 bridgehead atoms. The Labute approximate surface area is 163 Å². The normalized spacial score (nSPS) is 18.7. The van der Waals surface area contributed by atoms with Crippen LogP contribution in [0.25, 0.3) is 0 Å². The van der Waals surface area contributed by atoms with Crippen molar-refractivity contribution in [1.82, 2.24) is 4.31 Å². The van der Waals surface area contributed by atoms with E-state index in [1.54, 1.807) is 6.07 Å². The molecule has 2 heterocycles. The predicted molar refractivity (Wildman–Crippen MR) is 105 cm³/mol. The number of piperidine rings is 1. The number of thiophene rings is 1. The van der Waals surface area contributed by atoms with Crippen LogP contribution in [-0.4, -0.2) is 31.2 Å². The van der Waals surface area contributed by atoms with E-state index < -0.39 is 16.1 Å². The molecule has 2 aromatic rings. The molecule has 0 unspecified atom stereocenters. The van der Waals surface area contributed by atoms with Crippen molar-refractivity contribution < 1.29 is 13.2 Å². The highest BCUT2D eigenvalue weighted by Crippen LogP contribution is 2.32. The van der Waals surface area contributed by atoms with Gasteiger partial charge in [-0.25, -0.2) is 8.42 Å². The lowest BCUT2D eigenvalue weighted by atomic mass is 10.0. The van der Waals surface area contributed by atoms with Gasteiger partial charge in [0.1, 0.15) is 10.3 Å². The largest absolute Gasteiger partial charge is 0.325 e. The molecule has 0 aliphatic carbocycles. The summed E-state index contributed by atoms with van der Waals surface area (Å²) in [6, 6.07) is 8.13. The van der Waals surface area contributed by atoms with Crippen LogP contribution in [0.4, 0.5) is 5.69 Å². The lowest BCUT2D eigenvalue weighted by Gasteiger charge is -2.33. The van der Waals surface area contributed by atoms with Crippen molar-refractivity contribution in [2.45, 2.75) is 43.4 Å². The Morgan fingerprint density at radius 3 is 2.50 bits per heavy atom. The van der Waals surface area contributed by atoms with Gasteiger partial charge in [0.05, 0.1) is 4.34 Å². The molecule has 1 N–H and O–H groups in total. The van der Waals surface area contributed by atoms with Crippen LogP contribution in [0.5, 0.6) is 0 Å². The number of sulfonamides is 1. The summed E-state index contributed by atoms with van der Waals surface area (Å²) in [5.74, 6) is -0.291. The molecular formula is C18H21ClN2O3S2. The van der Waals surface area contributed by atoms with Crippen molar-refractivity contribution >= 4 is 44.6 Å². The van der Waals surface area contributed by atoms with Crippen LogP contribution in [0, 0.1) is 13.8 Å². The molecule has 5 nitrogen and oxygen atoms in total. The smallest absolute Gasteiger partial charge is 0.253 e. The topological polar surface area (TPSA) is 66.5 Å². The van der Waals surface area contributed by atoms with E-state index in [-0.39, 0.29) is 10.1 Å². The van der Waals surface area contributed by atoms with E-state index in [9.17, 15) is 13.2 Å². The summed E-state index contributed by atoms with van der Waals surface area (Å²) in [6.07, 6.45) is 2.07. The second-order valence-corrected chi connectivity index (χ2v) is 10.4. The maximum atomic E-state index is 13.0. The van der Waals surface area contributed by atoms with E-state index in [1.807, 2.05) is 32.0 Å². The first-order valence-corrected chi connectivity index (χ1v) is 11.1. The molecule has 1 saturated heterocycles. The lowest BCUT2D eigenvalue weighted by Crippen LogP contribution is -2.49. The van der Waals surface area contributed by atoms with Gasteiger partial charge in [0.2, 0.25) is 5.91 Å². The number of rotatable bonds is 4. The zero-order chi connectivity index (χ0) is 18.9. The Morgan fingerprint density at radius 2 is 1.88 bits per heavy atom. The molecule has 1 fully saturated rings. The van der Waals surface area contributed by atoms with E-state index >= 15 is 0 Å². The third-order valence-electron chi connectivity index (χ3n) is 4.36. The van der Waals surface area contributed by atoms with Gasteiger partial charge >= 0.3 is 0 Å². The van der Waals surface area contributed by atoms with Crippen LogP contribution in [0.1, 0.15) is 30.4 Å². The highest BCUT2D eigenvalue weighted by atomic mass is 35.5. The van der Waals surface area contributed by atoms with Crippen molar-refractivity contribution in [2.24, 2.45) is 0 Å². The Bertz CT molecular complexity index is 904. The van der Waals surface area contributed by atoms with Crippen molar-refractivity contribution in [3.63, 3.8) is 0 Å². The zero-order valence-electron chi connectivity index (χ0n) is 14.7. The van der Waals surface area contributed by atoms with E-state index in [1.165, 1.54) is 10.4 Å². The summed E-state index contributed by atoms with van der Waals surface area (Å²) < 4.78 is 27.9. The number of anilines is 1. The van der Waals surface area contributed by atoms with Crippen LogP contribution in [0.2, 0.25) is 4.34 Å². The minimum atomic E-state index is -3.74. The summed E-state index contributed by atoms with van der Waals surface area (Å²) in [5.41, 5.74) is 2.78. The fourth-order valence-corrected chi connectivity index (χ4v) is 6.55. The van der Waals surface area contributed by atoms with Gasteiger partial charge in [0.25, 0.3) is 10.0 Å². The van der Waals surface area contributed by atoms with Gasteiger partial charge in [-0.3, -0.25) is 4.79 Å². The maximum Gasteiger partial charge on any atom is 0.253 e. The van der Waals surface area contributed by atoms with Crippen LogP contribution in [0.3, 0.4) is 0 Å². The van der Waals surface area contributed by atoms with Crippen molar-refractivity contribution in [3.05, 3.63) is 45.8 Å². The van der Waals surface area contributed by atoms with E-state index in [2.05, 4.69) is 5.32 Å². The van der Waals surface area contributed by atoms with Gasteiger partial charge < -0.3 is 5.32 Å². The first kappa shape index (κ1) is 19.4. The fraction of sp³-hybridized carbons (Fsp3) is 0.389. The van der Waals surface area contributed by atoms with Gasteiger partial charge in [-0.2, -0.15) is 4.31 Å². The Morgan fingerprint density at radius 1 is 1.19 bits per heavy atom. The second kappa shape index (κ2) is 7.68. The number of aryl methyl sites for hydroxylation is 2. The SMILES string of the molecule is Cc1cc(C)cc(NC(=O)[C@H]2CCCCN2S(=O)(=O)c2ccc(Cl)s2)c1. The van der Waals surface area contributed by atoms with E-state index in [0.29, 0.717) is 23.0 Å². The number of nitrogens with one attached hydrogen (secondary N) is 1. The Hall–Kier alpha value is -1.41. The number of amides is 1. The van der Waals surface area contributed by atoms with Crippen LogP contribution in [-0.2, 0) is 14.8 Å².